The number of thioether (sulfide) groups is 1. The number of nitrogens with zero attached hydrogens (tertiary/aromatic N) is 2. The van der Waals surface area contributed by atoms with Gasteiger partial charge in [-0.25, -0.2) is 4.99 Å². The van der Waals surface area contributed by atoms with Crippen molar-refractivity contribution in [3.63, 3.8) is 0 Å². The van der Waals surface area contributed by atoms with Gasteiger partial charge in [0.1, 0.15) is 5.84 Å². The molecule has 1 saturated carbocycles. The lowest BCUT2D eigenvalue weighted by Gasteiger charge is -2.14. The normalized spacial score (nSPS) is 25.0. The molecule has 0 radical (unpaired) electrons. The third-order valence-electron chi connectivity index (χ3n) is 4.23. The van der Waals surface area contributed by atoms with Gasteiger partial charge < -0.3 is 5.73 Å². The van der Waals surface area contributed by atoms with Crippen LogP contribution in [-0.2, 0) is 0 Å². The predicted octanol–water partition coefficient (Wildman–Crippen LogP) is 1.66. The summed E-state index contributed by atoms with van der Waals surface area (Å²) in [5.74, 6) is 1.10. The van der Waals surface area contributed by atoms with E-state index in [-0.39, 0.29) is 5.91 Å². The first-order chi connectivity index (χ1) is 10.6. The molecule has 1 amide bonds. The molecule has 1 heterocycles. The summed E-state index contributed by atoms with van der Waals surface area (Å²) >= 11 is 1.85. The van der Waals surface area contributed by atoms with E-state index < -0.39 is 0 Å². The Morgan fingerprint density at radius 1 is 1.23 bits per heavy atom. The quantitative estimate of drug-likeness (QED) is 0.863. The van der Waals surface area contributed by atoms with Crippen LogP contribution in [0, 0.1) is 0 Å². The van der Waals surface area contributed by atoms with E-state index in [9.17, 15) is 4.79 Å². The maximum absolute atomic E-state index is 12.1. The molecule has 0 aromatic heterocycles. The second-order valence-electron chi connectivity index (χ2n) is 5.96. The topological polar surface area (TPSA) is 67.8 Å². The van der Waals surface area contributed by atoms with Gasteiger partial charge in [-0.2, -0.15) is 16.8 Å². The Bertz CT molecular complexity index is 713. The number of rotatable bonds is 3. The first-order valence-corrected chi connectivity index (χ1v) is 8.84. The van der Waals surface area contributed by atoms with Crippen LogP contribution >= 0.6 is 11.8 Å². The average Bonchev–Trinajstić information content (AvgIpc) is 2.71. The van der Waals surface area contributed by atoms with Crippen LogP contribution < -0.4 is 16.3 Å². The van der Waals surface area contributed by atoms with Crippen molar-refractivity contribution >= 4 is 30.1 Å². The van der Waals surface area contributed by atoms with Gasteiger partial charge in [0, 0.05) is 11.3 Å². The molecular weight excluding hydrogens is 294 g/mol. The lowest BCUT2D eigenvalue weighted by molar-refractivity contribution is 0.1000. The number of amides is 1. The summed E-state index contributed by atoms with van der Waals surface area (Å²) in [6, 6.07) is 5.80. The molecule has 3 rings (SSSR count). The lowest BCUT2D eigenvalue weighted by Crippen LogP contribution is -2.34. The van der Waals surface area contributed by atoms with Gasteiger partial charge in [-0.1, -0.05) is 25.1 Å². The zero-order valence-electron chi connectivity index (χ0n) is 12.6. The number of hydrogen-bond acceptors (Lipinski definition) is 4. The number of benzene rings is 1. The monoisotopic (exact) mass is 315 g/mol. The SMILES string of the molecule is C=c1cccc2c1=NC(CS[C@H]1CCC[C@H](N)CC1)=NC2=O. The summed E-state index contributed by atoms with van der Waals surface area (Å²) in [6.45, 7) is 3.95. The molecule has 2 N–H and O–H groups in total. The highest BCUT2D eigenvalue weighted by Crippen LogP contribution is 2.27. The Hall–Kier alpha value is -1.46. The average molecular weight is 315 g/mol. The molecule has 1 aliphatic carbocycles. The molecule has 0 spiro atoms. The Morgan fingerprint density at radius 3 is 2.95 bits per heavy atom. The van der Waals surface area contributed by atoms with Crippen molar-refractivity contribution in [2.45, 2.75) is 43.4 Å². The van der Waals surface area contributed by atoms with E-state index in [1.807, 2.05) is 23.9 Å². The van der Waals surface area contributed by atoms with Crippen molar-refractivity contribution in [3.05, 3.63) is 34.3 Å². The molecular formula is C17H21N3OS. The fraction of sp³-hybridized carbons (Fsp3) is 0.471. The van der Waals surface area contributed by atoms with Gasteiger partial charge in [0.15, 0.2) is 0 Å². The molecule has 1 aromatic rings. The minimum absolute atomic E-state index is 0.200. The van der Waals surface area contributed by atoms with Gasteiger partial charge in [0.05, 0.1) is 16.7 Å². The minimum Gasteiger partial charge on any atom is -0.328 e. The molecule has 22 heavy (non-hydrogen) atoms. The Kier molecular flexibility index (Phi) is 4.74. The van der Waals surface area contributed by atoms with E-state index in [1.54, 1.807) is 6.07 Å². The molecule has 1 fully saturated rings. The van der Waals surface area contributed by atoms with Crippen LogP contribution in [0.2, 0.25) is 0 Å². The number of carbonyl (C=O) groups is 1. The number of aliphatic imine (C=N–C) groups is 1. The lowest BCUT2D eigenvalue weighted by atomic mass is 10.1. The van der Waals surface area contributed by atoms with Crippen LogP contribution in [-0.4, -0.2) is 28.8 Å². The zero-order chi connectivity index (χ0) is 15.5. The molecule has 2 atom stereocenters. The van der Waals surface area contributed by atoms with Crippen LogP contribution in [0.25, 0.3) is 6.58 Å². The zero-order valence-corrected chi connectivity index (χ0v) is 13.4. The van der Waals surface area contributed by atoms with Crippen molar-refractivity contribution in [1.29, 1.82) is 0 Å². The van der Waals surface area contributed by atoms with Gasteiger partial charge in [0.2, 0.25) is 0 Å². The predicted molar refractivity (Wildman–Crippen MR) is 91.8 cm³/mol. The van der Waals surface area contributed by atoms with Crippen molar-refractivity contribution in [3.8, 4) is 0 Å². The van der Waals surface area contributed by atoms with E-state index in [1.165, 1.54) is 12.8 Å². The first-order valence-electron chi connectivity index (χ1n) is 7.79. The van der Waals surface area contributed by atoms with Crippen LogP contribution in [0.4, 0.5) is 0 Å². The summed E-state index contributed by atoms with van der Waals surface area (Å²) in [5, 5.41) is 2.06. The van der Waals surface area contributed by atoms with Crippen LogP contribution in [0.1, 0.15) is 42.5 Å². The third kappa shape index (κ3) is 3.47. The highest BCUT2D eigenvalue weighted by molar-refractivity contribution is 8.00. The molecule has 1 aliphatic heterocycles. The van der Waals surface area contributed by atoms with E-state index in [2.05, 4.69) is 16.6 Å². The van der Waals surface area contributed by atoms with Crippen LogP contribution in [0.5, 0.6) is 0 Å². The Labute approximate surface area is 134 Å². The Morgan fingerprint density at radius 2 is 2.09 bits per heavy atom. The van der Waals surface area contributed by atoms with E-state index >= 15 is 0 Å². The summed E-state index contributed by atoms with van der Waals surface area (Å²) < 4.78 is 0. The molecule has 0 bridgehead atoms. The third-order valence-corrected chi connectivity index (χ3v) is 5.60. The van der Waals surface area contributed by atoms with E-state index in [0.717, 1.165) is 24.5 Å². The van der Waals surface area contributed by atoms with Crippen molar-refractivity contribution in [2.24, 2.45) is 15.7 Å². The summed E-state index contributed by atoms with van der Waals surface area (Å²) in [4.78, 5) is 20.8. The van der Waals surface area contributed by atoms with Gasteiger partial charge in [-0.3, -0.25) is 4.79 Å². The summed E-state index contributed by atoms with van der Waals surface area (Å²) in [5.41, 5.74) is 6.58. The smallest absolute Gasteiger partial charge is 0.280 e. The fourth-order valence-corrected chi connectivity index (χ4v) is 4.10. The number of fused-ring (bicyclic) bond motifs is 1. The van der Waals surface area contributed by atoms with Gasteiger partial charge in [0.25, 0.3) is 5.91 Å². The standard InChI is InChI=1S/C17H21N3OS/c1-11-4-2-7-14-16(11)19-15(20-17(14)21)10-22-13-6-3-5-12(18)8-9-13/h2,4,7,12-13H,1,3,5-6,8-10,18H2/t12-,13-/m0/s1. The number of nitrogens with two attached hydrogens (primary N) is 1. The number of hydrogen-bond donors (Lipinski definition) is 1. The van der Waals surface area contributed by atoms with E-state index in [4.69, 9.17) is 5.73 Å². The van der Waals surface area contributed by atoms with Crippen molar-refractivity contribution in [2.75, 3.05) is 5.75 Å². The maximum Gasteiger partial charge on any atom is 0.280 e. The minimum atomic E-state index is -0.200. The second-order valence-corrected chi connectivity index (χ2v) is 7.25. The highest BCUT2D eigenvalue weighted by atomic mass is 32.2. The van der Waals surface area contributed by atoms with Crippen LogP contribution in [0.3, 0.4) is 0 Å². The van der Waals surface area contributed by atoms with Gasteiger partial charge in [-0.05, 0) is 37.0 Å². The maximum atomic E-state index is 12.1. The number of amidine groups is 1. The van der Waals surface area contributed by atoms with Crippen molar-refractivity contribution in [1.82, 2.24) is 0 Å². The summed E-state index contributed by atoms with van der Waals surface area (Å²) in [7, 11) is 0. The van der Waals surface area contributed by atoms with Gasteiger partial charge >= 0.3 is 0 Å². The fourth-order valence-electron chi connectivity index (χ4n) is 2.95. The van der Waals surface area contributed by atoms with E-state index in [0.29, 0.717) is 33.8 Å². The molecule has 2 aliphatic rings. The first kappa shape index (κ1) is 15.4. The molecule has 0 saturated heterocycles. The second kappa shape index (κ2) is 6.75. The highest BCUT2D eigenvalue weighted by Gasteiger charge is 2.19. The summed E-state index contributed by atoms with van der Waals surface area (Å²) in [6.07, 6.45) is 5.74. The number of carbonyl (C=O) groups excluding carboxylic acids is 1. The van der Waals surface area contributed by atoms with Crippen molar-refractivity contribution < 1.29 is 4.79 Å². The molecule has 4 nitrogen and oxygen atoms in total. The molecule has 0 unspecified atom stereocenters. The van der Waals surface area contributed by atoms with Crippen LogP contribution in [0.15, 0.2) is 28.2 Å². The molecule has 1 aromatic carbocycles. The molecule has 5 heteroatoms. The van der Waals surface area contributed by atoms with Gasteiger partial charge in [-0.15, -0.1) is 0 Å². The largest absolute Gasteiger partial charge is 0.328 e. The molecule has 116 valence electrons. The number of para-hydroxylation sites is 1. The Balaban J connectivity index is 1.71.